The lowest BCUT2D eigenvalue weighted by Crippen LogP contribution is -2.52. The molecule has 2 aliphatic rings. The van der Waals surface area contributed by atoms with Crippen LogP contribution in [0.1, 0.15) is 51.4 Å². The summed E-state index contributed by atoms with van der Waals surface area (Å²) in [7, 11) is 0. The monoisotopic (exact) mass is 240 g/mol. The van der Waals surface area contributed by atoms with Gasteiger partial charge in [0.1, 0.15) is 0 Å². The van der Waals surface area contributed by atoms with Crippen LogP contribution in [0.2, 0.25) is 0 Å². The summed E-state index contributed by atoms with van der Waals surface area (Å²) in [4.78, 5) is 12.0. The summed E-state index contributed by atoms with van der Waals surface area (Å²) in [5.41, 5.74) is 0. The Bertz CT molecular complexity index is 252. The zero-order valence-corrected chi connectivity index (χ0v) is 10.5. The number of aliphatic hydroxyl groups is 1. The molecule has 3 atom stereocenters. The van der Waals surface area contributed by atoms with Gasteiger partial charge in [0.2, 0.25) is 5.91 Å². The van der Waals surface area contributed by atoms with Crippen molar-refractivity contribution in [3.63, 3.8) is 0 Å². The lowest BCUT2D eigenvalue weighted by atomic mass is 10.0. The molecule has 1 saturated carbocycles. The number of rotatable bonds is 2. The molecule has 4 nitrogen and oxygen atoms in total. The highest BCUT2D eigenvalue weighted by Gasteiger charge is 2.27. The second kappa shape index (κ2) is 6.36. The highest BCUT2D eigenvalue weighted by molar-refractivity contribution is 5.82. The summed E-state index contributed by atoms with van der Waals surface area (Å²) in [5.74, 6) is 0.0793. The second-order valence-electron chi connectivity index (χ2n) is 5.32. The lowest BCUT2D eigenvalue weighted by Gasteiger charge is -2.27. The molecule has 3 unspecified atom stereocenters. The second-order valence-corrected chi connectivity index (χ2v) is 5.32. The third kappa shape index (κ3) is 3.68. The summed E-state index contributed by atoms with van der Waals surface area (Å²) in [6.07, 6.45) is 7.95. The van der Waals surface area contributed by atoms with E-state index in [1.165, 1.54) is 6.42 Å². The van der Waals surface area contributed by atoms with E-state index >= 15 is 0 Å². The minimum absolute atomic E-state index is 0.0336. The number of aliphatic hydroxyl groups excluding tert-OH is 1. The Kier molecular flexibility index (Phi) is 4.80. The molecule has 4 heteroatoms. The highest BCUT2D eigenvalue weighted by Crippen LogP contribution is 2.18. The normalized spacial score (nSPS) is 35.0. The molecule has 0 aromatic rings. The fourth-order valence-corrected chi connectivity index (χ4v) is 2.82. The zero-order valence-electron chi connectivity index (χ0n) is 10.5. The largest absolute Gasteiger partial charge is 0.391 e. The van der Waals surface area contributed by atoms with Gasteiger partial charge in [-0.2, -0.15) is 0 Å². The molecule has 1 amide bonds. The van der Waals surface area contributed by atoms with Crippen LogP contribution in [0.5, 0.6) is 0 Å². The molecule has 3 N–H and O–H groups in total. The Morgan fingerprint density at radius 2 is 1.82 bits per heavy atom. The van der Waals surface area contributed by atoms with E-state index in [1.807, 2.05) is 0 Å². The number of hydrogen-bond acceptors (Lipinski definition) is 3. The summed E-state index contributed by atoms with van der Waals surface area (Å²) in [5, 5.41) is 16.2. The van der Waals surface area contributed by atoms with Crippen LogP contribution in [0, 0.1) is 0 Å². The molecule has 17 heavy (non-hydrogen) atoms. The first-order valence-electron chi connectivity index (χ1n) is 6.99. The maximum atomic E-state index is 12.0. The Morgan fingerprint density at radius 3 is 2.59 bits per heavy atom. The number of carbonyl (C=O) groups is 1. The van der Waals surface area contributed by atoms with E-state index < -0.39 is 0 Å². The summed E-state index contributed by atoms with van der Waals surface area (Å²) >= 11 is 0. The molecule has 1 aliphatic heterocycles. The van der Waals surface area contributed by atoms with Crippen molar-refractivity contribution < 1.29 is 9.90 Å². The smallest absolute Gasteiger partial charge is 0.237 e. The predicted molar refractivity (Wildman–Crippen MR) is 66.7 cm³/mol. The summed E-state index contributed by atoms with van der Waals surface area (Å²) < 4.78 is 0. The van der Waals surface area contributed by atoms with Crippen LogP contribution in [0.15, 0.2) is 0 Å². The average molecular weight is 240 g/mol. The third-order valence-corrected chi connectivity index (χ3v) is 3.93. The first-order chi connectivity index (χ1) is 8.27. The van der Waals surface area contributed by atoms with Crippen LogP contribution < -0.4 is 10.6 Å². The Balaban J connectivity index is 1.83. The van der Waals surface area contributed by atoms with Crippen LogP contribution in [0.4, 0.5) is 0 Å². The lowest BCUT2D eigenvalue weighted by molar-refractivity contribution is -0.125. The fraction of sp³-hybridized carbons (Fsp3) is 0.923. The Morgan fingerprint density at radius 1 is 1.06 bits per heavy atom. The van der Waals surface area contributed by atoms with Crippen LogP contribution in [-0.4, -0.2) is 35.7 Å². The molecule has 0 aromatic carbocycles. The average Bonchev–Trinajstić information content (AvgIpc) is 2.56. The molecule has 0 spiro atoms. The van der Waals surface area contributed by atoms with Gasteiger partial charge in [-0.05, 0) is 32.2 Å². The zero-order chi connectivity index (χ0) is 12.1. The van der Waals surface area contributed by atoms with Gasteiger partial charge in [0.05, 0.1) is 18.2 Å². The molecule has 0 aromatic heterocycles. The maximum Gasteiger partial charge on any atom is 0.237 e. The van der Waals surface area contributed by atoms with Crippen LogP contribution >= 0.6 is 0 Å². The molecule has 98 valence electrons. The standard InChI is InChI=1S/C13H24N2O2/c16-12-8-3-1-2-6-10(12)15-13(17)11-7-4-5-9-14-11/h10-12,14,16H,1-9H2,(H,15,17). The molecule has 1 saturated heterocycles. The van der Waals surface area contributed by atoms with Gasteiger partial charge in [-0.25, -0.2) is 0 Å². The minimum Gasteiger partial charge on any atom is -0.391 e. The summed E-state index contributed by atoms with van der Waals surface area (Å²) in [6, 6.07) is -0.0760. The van der Waals surface area contributed by atoms with Crippen molar-refractivity contribution in [2.24, 2.45) is 0 Å². The van der Waals surface area contributed by atoms with E-state index in [0.29, 0.717) is 0 Å². The SMILES string of the molecule is O=C(NC1CCCCCC1O)C1CCCCN1. The minimum atomic E-state index is -0.356. The van der Waals surface area contributed by atoms with Crippen molar-refractivity contribution in [3.8, 4) is 0 Å². The topological polar surface area (TPSA) is 61.4 Å². The van der Waals surface area contributed by atoms with Crippen LogP contribution in [0.3, 0.4) is 0 Å². The quantitative estimate of drug-likeness (QED) is 0.629. The number of piperidine rings is 1. The summed E-state index contributed by atoms with van der Waals surface area (Å²) in [6.45, 7) is 0.936. The molecular weight excluding hydrogens is 216 g/mol. The first kappa shape index (κ1) is 12.8. The van der Waals surface area contributed by atoms with Gasteiger partial charge in [-0.3, -0.25) is 4.79 Å². The van der Waals surface area contributed by atoms with E-state index in [0.717, 1.165) is 51.5 Å². The number of nitrogens with one attached hydrogen (secondary N) is 2. The van der Waals surface area contributed by atoms with Crippen LogP contribution in [0.25, 0.3) is 0 Å². The van der Waals surface area contributed by atoms with Gasteiger partial charge in [-0.15, -0.1) is 0 Å². The van der Waals surface area contributed by atoms with Crippen molar-refractivity contribution in [2.45, 2.75) is 69.6 Å². The molecule has 0 radical (unpaired) electrons. The third-order valence-electron chi connectivity index (χ3n) is 3.93. The Labute approximate surface area is 103 Å². The van der Waals surface area contributed by atoms with Crippen molar-refractivity contribution >= 4 is 5.91 Å². The highest BCUT2D eigenvalue weighted by atomic mass is 16.3. The fourth-order valence-electron chi connectivity index (χ4n) is 2.82. The van der Waals surface area contributed by atoms with Crippen LogP contribution in [-0.2, 0) is 4.79 Å². The van der Waals surface area contributed by atoms with Gasteiger partial charge in [0.25, 0.3) is 0 Å². The van der Waals surface area contributed by atoms with Gasteiger partial charge >= 0.3 is 0 Å². The van der Waals surface area contributed by atoms with Crippen molar-refractivity contribution in [1.29, 1.82) is 0 Å². The number of hydrogen-bond donors (Lipinski definition) is 3. The Hall–Kier alpha value is -0.610. The van der Waals surface area contributed by atoms with E-state index in [9.17, 15) is 9.90 Å². The van der Waals surface area contributed by atoms with E-state index in [1.54, 1.807) is 0 Å². The van der Waals surface area contributed by atoms with Gasteiger partial charge in [0, 0.05) is 0 Å². The molecule has 1 heterocycles. The van der Waals surface area contributed by atoms with Crippen molar-refractivity contribution in [1.82, 2.24) is 10.6 Å². The van der Waals surface area contributed by atoms with Gasteiger partial charge < -0.3 is 15.7 Å². The number of carbonyl (C=O) groups excluding carboxylic acids is 1. The van der Waals surface area contributed by atoms with Crippen molar-refractivity contribution in [3.05, 3.63) is 0 Å². The van der Waals surface area contributed by atoms with Gasteiger partial charge in [-0.1, -0.05) is 25.7 Å². The molecular formula is C13H24N2O2. The van der Waals surface area contributed by atoms with Crippen molar-refractivity contribution in [2.75, 3.05) is 6.54 Å². The maximum absolute atomic E-state index is 12.0. The number of amides is 1. The molecule has 0 bridgehead atoms. The molecule has 2 rings (SSSR count). The predicted octanol–water partition coefficient (Wildman–Crippen LogP) is 0.938. The van der Waals surface area contributed by atoms with E-state index in [4.69, 9.17) is 0 Å². The van der Waals surface area contributed by atoms with Gasteiger partial charge in [0.15, 0.2) is 0 Å². The molecule has 2 fully saturated rings. The molecule has 1 aliphatic carbocycles. The van der Waals surface area contributed by atoms with E-state index in [2.05, 4.69) is 10.6 Å². The van der Waals surface area contributed by atoms with E-state index in [-0.39, 0.29) is 24.1 Å². The first-order valence-corrected chi connectivity index (χ1v) is 6.99.